The average Bonchev–Trinajstić information content (AvgIpc) is 2.69. The number of nitrogens with zero attached hydrogens (tertiary/aromatic N) is 1. The SMILES string of the molecule is C=CCOc1ccccc1C(=O)N/N=C(\C)c1ccc(OC)cc1OC. The molecule has 136 valence electrons. The first-order chi connectivity index (χ1) is 12.6. The number of nitrogens with one attached hydrogen (secondary N) is 1. The lowest BCUT2D eigenvalue weighted by Crippen LogP contribution is -2.20. The monoisotopic (exact) mass is 354 g/mol. The van der Waals surface area contributed by atoms with Crippen LogP contribution in [-0.4, -0.2) is 32.4 Å². The van der Waals surface area contributed by atoms with Crippen LogP contribution >= 0.6 is 0 Å². The molecule has 0 heterocycles. The van der Waals surface area contributed by atoms with E-state index in [0.717, 1.165) is 5.56 Å². The molecule has 0 aromatic heterocycles. The van der Waals surface area contributed by atoms with Gasteiger partial charge in [0.25, 0.3) is 5.91 Å². The van der Waals surface area contributed by atoms with Crippen molar-refractivity contribution in [3.63, 3.8) is 0 Å². The number of hydrogen-bond donors (Lipinski definition) is 1. The minimum absolute atomic E-state index is 0.315. The van der Waals surface area contributed by atoms with Crippen LogP contribution in [0.4, 0.5) is 0 Å². The van der Waals surface area contributed by atoms with Crippen LogP contribution in [0.3, 0.4) is 0 Å². The van der Waals surface area contributed by atoms with Gasteiger partial charge in [-0.3, -0.25) is 4.79 Å². The lowest BCUT2D eigenvalue weighted by Gasteiger charge is -2.11. The van der Waals surface area contributed by atoms with Gasteiger partial charge < -0.3 is 14.2 Å². The molecule has 0 aliphatic carbocycles. The summed E-state index contributed by atoms with van der Waals surface area (Å²) in [6.45, 7) is 5.70. The topological polar surface area (TPSA) is 69.2 Å². The molecule has 26 heavy (non-hydrogen) atoms. The van der Waals surface area contributed by atoms with Gasteiger partial charge in [0.05, 0.1) is 25.5 Å². The number of methoxy groups -OCH3 is 2. The van der Waals surface area contributed by atoms with Gasteiger partial charge in [0.1, 0.15) is 23.9 Å². The molecule has 0 spiro atoms. The molecule has 2 aromatic carbocycles. The smallest absolute Gasteiger partial charge is 0.275 e. The molecule has 1 N–H and O–H groups in total. The fraction of sp³-hybridized carbons (Fsp3) is 0.200. The second kappa shape index (κ2) is 9.27. The predicted molar refractivity (Wildman–Crippen MR) is 101 cm³/mol. The third-order valence-electron chi connectivity index (χ3n) is 3.61. The number of para-hydroxylation sites is 1. The van der Waals surface area contributed by atoms with Gasteiger partial charge in [-0.15, -0.1) is 0 Å². The highest BCUT2D eigenvalue weighted by Crippen LogP contribution is 2.25. The number of benzene rings is 2. The molecule has 0 saturated carbocycles. The largest absolute Gasteiger partial charge is 0.497 e. The molecule has 2 rings (SSSR count). The molecule has 0 fully saturated rings. The molecular formula is C20H22N2O4. The fourth-order valence-corrected chi connectivity index (χ4v) is 2.28. The Morgan fingerprint density at radius 1 is 1.12 bits per heavy atom. The van der Waals surface area contributed by atoms with E-state index in [4.69, 9.17) is 14.2 Å². The lowest BCUT2D eigenvalue weighted by atomic mass is 10.1. The van der Waals surface area contributed by atoms with Gasteiger partial charge in [0.2, 0.25) is 0 Å². The zero-order valence-electron chi connectivity index (χ0n) is 15.1. The Hall–Kier alpha value is -3.28. The summed E-state index contributed by atoms with van der Waals surface area (Å²) in [5.74, 6) is 1.39. The Morgan fingerprint density at radius 2 is 1.88 bits per heavy atom. The summed E-state index contributed by atoms with van der Waals surface area (Å²) in [5.41, 5.74) is 4.30. The van der Waals surface area contributed by atoms with E-state index in [1.165, 1.54) is 0 Å². The minimum Gasteiger partial charge on any atom is -0.497 e. The first-order valence-corrected chi connectivity index (χ1v) is 8.00. The summed E-state index contributed by atoms with van der Waals surface area (Å²) in [5, 5.41) is 4.18. The van der Waals surface area contributed by atoms with E-state index in [1.54, 1.807) is 63.6 Å². The maximum atomic E-state index is 12.4. The van der Waals surface area contributed by atoms with Crippen LogP contribution in [0.2, 0.25) is 0 Å². The minimum atomic E-state index is -0.364. The number of carbonyl (C=O) groups is 1. The van der Waals surface area contributed by atoms with Crippen molar-refractivity contribution in [1.82, 2.24) is 5.43 Å². The summed E-state index contributed by atoms with van der Waals surface area (Å²) in [6, 6.07) is 12.3. The summed E-state index contributed by atoms with van der Waals surface area (Å²) >= 11 is 0. The number of amides is 1. The van der Waals surface area contributed by atoms with Gasteiger partial charge >= 0.3 is 0 Å². The fourth-order valence-electron chi connectivity index (χ4n) is 2.28. The predicted octanol–water partition coefficient (Wildman–Crippen LogP) is 3.42. The van der Waals surface area contributed by atoms with Crippen LogP contribution < -0.4 is 19.6 Å². The summed E-state index contributed by atoms with van der Waals surface area (Å²) < 4.78 is 16.0. The molecule has 1 amide bonds. The first-order valence-electron chi connectivity index (χ1n) is 8.00. The Morgan fingerprint density at radius 3 is 2.58 bits per heavy atom. The van der Waals surface area contributed by atoms with E-state index in [1.807, 2.05) is 6.07 Å². The maximum Gasteiger partial charge on any atom is 0.275 e. The lowest BCUT2D eigenvalue weighted by molar-refractivity contribution is 0.0951. The van der Waals surface area contributed by atoms with E-state index in [0.29, 0.717) is 35.1 Å². The Balaban J connectivity index is 2.19. The van der Waals surface area contributed by atoms with Crippen molar-refractivity contribution in [1.29, 1.82) is 0 Å². The van der Waals surface area contributed by atoms with Crippen LogP contribution in [0.15, 0.2) is 60.2 Å². The molecule has 0 aliphatic heterocycles. The third-order valence-corrected chi connectivity index (χ3v) is 3.61. The number of ether oxygens (including phenoxy) is 3. The molecule has 0 unspecified atom stereocenters. The highest BCUT2D eigenvalue weighted by Gasteiger charge is 2.13. The van der Waals surface area contributed by atoms with Gasteiger partial charge in [-0.2, -0.15) is 5.10 Å². The zero-order valence-corrected chi connectivity index (χ0v) is 15.1. The maximum absolute atomic E-state index is 12.4. The van der Waals surface area contributed by atoms with Gasteiger partial charge in [-0.05, 0) is 31.2 Å². The summed E-state index contributed by atoms with van der Waals surface area (Å²) in [4.78, 5) is 12.4. The van der Waals surface area contributed by atoms with E-state index >= 15 is 0 Å². The molecule has 0 atom stereocenters. The number of carbonyl (C=O) groups excluding carboxylic acids is 1. The zero-order chi connectivity index (χ0) is 18.9. The number of hydrazone groups is 1. The molecule has 0 saturated heterocycles. The van der Waals surface area contributed by atoms with E-state index < -0.39 is 0 Å². The van der Waals surface area contributed by atoms with Crippen LogP contribution in [0.1, 0.15) is 22.8 Å². The quantitative estimate of drug-likeness (QED) is 0.448. The van der Waals surface area contributed by atoms with Crippen LogP contribution in [-0.2, 0) is 0 Å². The van der Waals surface area contributed by atoms with Gasteiger partial charge in [0, 0.05) is 11.6 Å². The second-order valence-electron chi connectivity index (χ2n) is 5.30. The van der Waals surface area contributed by atoms with Gasteiger partial charge in [-0.1, -0.05) is 24.8 Å². The molecule has 0 bridgehead atoms. The second-order valence-corrected chi connectivity index (χ2v) is 5.30. The van der Waals surface area contributed by atoms with Crippen LogP contribution in [0.25, 0.3) is 0 Å². The van der Waals surface area contributed by atoms with Crippen molar-refractivity contribution in [2.45, 2.75) is 6.92 Å². The highest BCUT2D eigenvalue weighted by molar-refractivity contribution is 6.03. The van der Waals surface area contributed by atoms with Crippen molar-refractivity contribution >= 4 is 11.6 Å². The number of hydrogen-bond acceptors (Lipinski definition) is 5. The van der Waals surface area contributed by atoms with Crippen molar-refractivity contribution < 1.29 is 19.0 Å². The van der Waals surface area contributed by atoms with E-state index in [2.05, 4.69) is 17.1 Å². The van der Waals surface area contributed by atoms with Crippen molar-refractivity contribution in [2.75, 3.05) is 20.8 Å². The Kier molecular flexibility index (Phi) is 6.79. The molecular weight excluding hydrogens is 332 g/mol. The average molecular weight is 354 g/mol. The highest BCUT2D eigenvalue weighted by atomic mass is 16.5. The molecule has 6 nitrogen and oxygen atoms in total. The number of rotatable bonds is 8. The van der Waals surface area contributed by atoms with Crippen LogP contribution in [0.5, 0.6) is 17.2 Å². The van der Waals surface area contributed by atoms with E-state index in [9.17, 15) is 4.79 Å². The Bertz CT molecular complexity index is 815. The third kappa shape index (κ3) is 4.63. The molecule has 0 radical (unpaired) electrons. The molecule has 0 aliphatic rings. The van der Waals surface area contributed by atoms with Crippen molar-refractivity contribution in [3.05, 3.63) is 66.2 Å². The summed E-state index contributed by atoms with van der Waals surface area (Å²) in [6.07, 6.45) is 1.62. The Labute approximate surface area is 153 Å². The standard InChI is InChI=1S/C20H22N2O4/c1-5-12-26-18-9-7-6-8-17(18)20(23)22-21-14(2)16-11-10-15(24-3)13-19(16)25-4/h5-11,13H,1,12H2,2-4H3,(H,22,23)/b21-14+. The first kappa shape index (κ1) is 19.1. The normalized spacial score (nSPS) is 10.8. The summed E-state index contributed by atoms with van der Waals surface area (Å²) in [7, 11) is 3.15. The van der Waals surface area contributed by atoms with E-state index in [-0.39, 0.29) is 5.91 Å². The van der Waals surface area contributed by atoms with Crippen LogP contribution in [0, 0.1) is 0 Å². The van der Waals surface area contributed by atoms with Crippen molar-refractivity contribution in [2.24, 2.45) is 5.10 Å². The van der Waals surface area contributed by atoms with Gasteiger partial charge in [0.15, 0.2) is 0 Å². The molecule has 2 aromatic rings. The molecule has 6 heteroatoms. The van der Waals surface area contributed by atoms with Gasteiger partial charge in [-0.25, -0.2) is 5.43 Å². The van der Waals surface area contributed by atoms with Crippen molar-refractivity contribution in [3.8, 4) is 17.2 Å².